The lowest BCUT2D eigenvalue weighted by molar-refractivity contribution is -0.166. The van der Waals surface area contributed by atoms with Gasteiger partial charge in [-0.25, -0.2) is 13.2 Å². The van der Waals surface area contributed by atoms with Crippen molar-refractivity contribution in [2.45, 2.75) is 18.9 Å². The second-order valence-corrected chi connectivity index (χ2v) is 2.10. The third kappa shape index (κ3) is 3.27. The Hall–Kier alpha value is -0.0000000000000000416. The number of halogens is 4. The van der Waals surface area contributed by atoms with Crippen LogP contribution < -0.4 is 5.32 Å². The van der Waals surface area contributed by atoms with E-state index in [4.69, 9.17) is 0 Å². The standard InChI is InChI=1S/C5H8F3NO.ClH/c6-4(7)5(8)10-3-1-9-2-3;/h3-5,9H,1-2H2;1H. The molecule has 1 unspecified atom stereocenters. The minimum atomic E-state index is -3.03. The Morgan fingerprint density at radius 1 is 1.27 bits per heavy atom. The van der Waals surface area contributed by atoms with Crippen LogP contribution in [0.15, 0.2) is 0 Å². The van der Waals surface area contributed by atoms with E-state index < -0.39 is 12.8 Å². The summed E-state index contributed by atoms with van der Waals surface area (Å²) in [4.78, 5) is 0. The predicted octanol–water partition coefficient (Wildman–Crippen LogP) is 0.957. The first kappa shape index (κ1) is 11.0. The Kier molecular flexibility index (Phi) is 4.79. The van der Waals surface area contributed by atoms with E-state index in [0.717, 1.165) is 0 Å². The fourth-order valence-corrected chi connectivity index (χ4v) is 0.602. The van der Waals surface area contributed by atoms with Crippen molar-refractivity contribution in [3.8, 4) is 0 Å². The Morgan fingerprint density at radius 2 is 1.82 bits per heavy atom. The summed E-state index contributed by atoms with van der Waals surface area (Å²) in [6.45, 7) is 0.931. The summed E-state index contributed by atoms with van der Waals surface area (Å²) in [6.07, 6.45) is -5.82. The molecular formula is C5H9ClF3NO. The molecule has 0 spiro atoms. The lowest BCUT2D eigenvalue weighted by Gasteiger charge is -2.28. The second kappa shape index (κ2) is 4.79. The van der Waals surface area contributed by atoms with Crippen LogP contribution in [0.5, 0.6) is 0 Å². The maximum absolute atomic E-state index is 12.0. The Balaban J connectivity index is 0.000001000. The van der Waals surface area contributed by atoms with E-state index in [1.807, 2.05) is 0 Å². The van der Waals surface area contributed by atoms with Crippen LogP contribution >= 0.6 is 12.4 Å². The summed E-state index contributed by atoms with van der Waals surface area (Å²) in [7, 11) is 0. The van der Waals surface area contributed by atoms with Crippen molar-refractivity contribution in [3.05, 3.63) is 0 Å². The molecule has 68 valence electrons. The monoisotopic (exact) mass is 191 g/mol. The number of hydrogen-bond acceptors (Lipinski definition) is 2. The van der Waals surface area contributed by atoms with E-state index in [1.165, 1.54) is 0 Å². The molecule has 1 aliphatic heterocycles. The molecule has 11 heavy (non-hydrogen) atoms. The number of ether oxygens (including phenoxy) is 1. The summed E-state index contributed by atoms with van der Waals surface area (Å²) in [6, 6.07) is 0. The molecular weight excluding hydrogens is 183 g/mol. The summed E-state index contributed by atoms with van der Waals surface area (Å²) in [5.41, 5.74) is 0. The molecule has 1 aliphatic rings. The maximum Gasteiger partial charge on any atom is 0.293 e. The van der Waals surface area contributed by atoms with E-state index in [9.17, 15) is 13.2 Å². The van der Waals surface area contributed by atoms with Gasteiger partial charge in [0.05, 0.1) is 6.10 Å². The largest absolute Gasteiger partial charge is 0.338 e. The molecule has 0 saturated carbocycles. The summed E-state index contributed by atoms with van der Waals surface area (Å²) >= 11 is 0. The minimum Gasteiger partial charge on any atom is -0.338 e. The third-order valence-corrected chi connectivity index (χ3v) is 1.26. The van der Waals surface area contributed by atoms with Gasteiger partial charge in [-0.15, -0.1) is 12.4 Å². The molecule has 0 amide bonds. The van der Waals surface area contributed by atoms with Gasteiger partial charge in [-0.3, -0.25) is 0 Å². The molecule has 1 rings (SSSR count). The molecule has 2 nitrogen and oxygen atoms in total. The average molecular weight is 192 g/mol. The first-order valence-corrected chi connectivity index (χ1v) is 2.98. The normalized spacial score (nSPS) is 20.7. The van der Waals surface area contributed by atoms with Crippen LogP contribution in [0, 0.1) is 0 Å². The van der Waals surface area contributed by atoms with E-state index in [-0.39, 0.29) is 18.5 Å². The number of nitrogens with one attached hydrogen (secondary N) is 1. The van der Waals surface area contributed by atoms with Gasteiger partial charge in [0.15, 0.2) is 0 Å². The van der Waals surface area contributed by atoms with Gasteiger partial charge in [-0.2, -0.15) is 0 Å². The van der Waals surface area contributed by atoms with E-state index in [0.29, 0.717) is 13.1 Å². The van der Waals surface area contributed by atoms with Gasteiger partial charge in [0.2, 0.25) is 0 Å². The molecule has 0 bridgehead atoms. The number of rotatable bonds is 3. The highest BCUT2D eigenvalue weighted by Gasteiger charge is 2.27. The average Bonchev–Trinajstić information content (AvgIpc) is 1.77. The zero-order valence-corrected chi connectivity index (χ0v) is 6.41. The van der Waals surface area contributed by atoms with Crippen molar-refractivity contribution in [2.24, 2.45) is 0 Å². The van der Waals surface area contributed by atoms with Gasteiger partial charge in [0.1, 0.15) is 0 Å². The SMILES string of the molecule is Cl.FC(F)C(F)OC1CNC1. The van der Waals surface area contributed by atoms with Crippen molar-refractivity contribution in [2.75, 3.05) is 13.1 Å². The van der Waals surface area contributed by atoms with Gasteiger partial charge in [0.25, 0.3) is 12.8 Å². The summed E-state index contributed by atoms with van der Waals surface area (Å²) in [5.74, 6) is 0. The summed E-state index contributed by atoms with van der Waals surface area (Å²) in [5, 5.41) is 2.77. The van der Waals surface area contributed by atoms with Crippen molar-refractivity contribution in [3.63, 3.8) is 0 Å². The zero-order chi connectivity index (χ0) is 7.56. The van der Waals surface area contributed by atoms with E-state index >= 15 is 0 Å². The van der Waals surface area contributed by atoms with Crippen LogP contribution in [-0.2, 0) is 4.74 Å². The number of alkyl halides is 3. The van der Waals surface area contributed by atoms with E-state index in [1.54, 1.807) is 0 Å². The third-order valence-electron chi connectivity index (χ3n) is 1.26. The molecule has 1 fully saturated rings. The molecule has 0 aromatic heterocycles. The molecule has 1 heterocycles. The van der Waals surface area contributed by atoms with Gasteiger partial charge >= 0.3 is 0 Å². The lowest BCUT2D eigenvalue weighted by atomic mass is 10.2. The van der Waals surface area contributed by atoms with Crippen LogP contribution in [0.25, 0.3) is 0 Å². The molecule has 0 radical (unpaired) electrons. The maximum atomic E-state index is 12.0. The molecule has 0 aromatic rings. The molecule has 1 atom stereocenters. The molecule has 6 heteroatoms. The minimum absolute atomic E-state index is 0. The molecule has 1 N–H and O–H groups in total. The predicted molar refractivity (Wildman–Crippen MR) is 35.9 cm³/mol. The fourth-order valence-electron chi connectivity index (χ4n) is 0.602. The fraction of sp³-hybridized carbons (Fsp3) is 1.00. The first-order chi connectivity index (χ1) is 4.70. The molecule has 1 saturated heterocycles. The van der Waals surface area contributed by atoms with E-state index in [2.05, 4.69) is 10.1 Å². The first-order valence-electron chi connectivity index (χ1n) is 2.98. The van der Waals surface area contributed by atoms with Gasteiger partial charge < -0.3 is 10.1 Å². The van der Waals surface area contributed by atoms with Gasteiger partial charge in [0, 0.05) is 13.1 Å². The highest BCUT2D eigenvalue weighted by Crippen LogP contribution is 2.11. The Bertz CT molecular complexity index is 112. The quantitative estimate of drug-likeness (QED) is 0.718. The van der Waals surface area contributed by atoms with Crippen molar-refractivity contribution in [1.29, 1.82) is 0 Å². The van der Waals surface area contributed by atoms with Crippen LogP contribution in [-0.4, -0.2) is 32.0 Å². The molecule has 0 aliphatic carbocycles. The van der Waals surface area contributed by atoms with Crippen molar-refractivity contribution < 1.29 is 17.9 Å². The second-order valence-electron chi connectivity index (χ2n) is 2.10. The smallest absolute Gasteiger partial charge is 0.293 e. The Labute approximate surface area is 68.5 Å². The zero-order valence-electron chi connectivity index (χ0n) is 5.60. The van der Waals surface area contributed by atoms with Crippen LogP contribution in [0.1, 0.15) is 0 Å². The highest BCUT2D eigenvalue weighted by atomic mass is 35.5. The lowest BCUT2D eigenvalue weighted by Crippen LogP contribution is -2.50. The van der Waals surface area contributed by atoms with Gasteiger partial charge in [-0.05, 0) is 0 Å². The highest BCUT2D eigenvalue weighted by molar-refractivity contribution is 5.85. The topological polar surface area (TPSA) is 21.3 Å². The van der Waals surface area contributed by atoms with Crippen molar-refractivity contribution >= 4 is 12.4 Å². The molecule has 0 aromatic carbocycles. The van der Waals surface area contributed by atoms with Crippen LogP contribution in [0.4, 0.5) is 13.2 Å². The number of hydrogen-bond donors (Lipinski definition) is 1. The van der Waals surface area contributed by atoms with Crippen molar-refractivity contribution in [1.82, 2.24) is 5.32 Å². The van der Waals surface area contributed by atoms with Gasteiger partial charge in [-0.1, -0.05) is 0 Å². The Morgan fingerprint density at radius 3 is 2.09 bits per heavy atom. The summed E-state index contributed by atoms with van der Waals surface area (Å²) < 4.78 is 39.1. The van der Waals surface area contributed by atoms with Crippen LogP contribution in [0.2, 0.25) is 0 Å². The van der Waals surface area contributed by atoms with Crippen LogP contribution in [0.3, 0.4) is 0 Å².